The van der Waals surface area contributed by atoms with E-state index < -0.39 is 0 Å². The molecule has 1 aliphatic rings. The molecule has 0 aliphatic heterocycles. The molecule has 0 heterocycles. The molecule has 1 unspecified atom stereocenters. The predicted octanol–water partition coefficient (Wildman–Crippen LogP) is 2.85. The van der Waals surface area contributed by atoms with Gasteiger partial charge in [0.15, 0.2) is 0 Å². The molecule has 2 rings (SSSR count). The number of nitrogens with one attached hydrogen (secondary N) is 1. The van der Waals surface area contributed by atoms with Crippen LogP contribution in [0, 0.1) is 5.92 Å². The van der Waals surface area contributed by atoms with E-state index in [1.807, 2.05) is 12.1 Å². The van der Waals surface area contributed by atoms with Crippen LogP contribution in [0.15, 0.2) is 18.2 Å². The van der Waals surface area contributed by atoms with Gasteiger partial charge in [-0.3, -0.25) is 0 Å². The van der Waals surface area contributed by atoms with E-state index in [1.165, 1.54) is 0 Å². The molecule has 1 fully saturated rings. The molecule has 2 N–H and O–H groups in total. The topological polar surface area (TPSA) is 32.3 Å². The lowest BCUT2D eigenvalue weighted by molar-refractivity contribution is 0.148. The molecule has 1 aliphatic carbocycles. The minimum atomic E-state index is -0.213. The normalized spacial score (nSPS) is 17.4. The van der Waals surface area contributed by atoms with Crippen LogP contribution in [0.1, 0.15) is 18.4 Å². The number of aliphatic hydroxyl groups excluding tert-OH is 1. The summed E-state index contributed by atoms with van der Waals surface area (Å²) in [5, 5.41) is 14.2. The molecule has 0 aromatic heterocycles. The van der Waals surface area contributed by atoms with Crippen molar-refractivity contribution in [3.05, 3.63) is 33.8 Å². The van der Waals surface area contributed by atoms with E-state index in [9.17, 15) is 5.11 Å². The Morgan fingerprint density at radius 3 is 2.44 bits per heavy atom. The van der Waals surface area contributed by atoms with Crippen LogP contribution in [0.4, 0.5) is 0 Å². The summed E-state index contributed by atoms with van der Waals surface area (Å²) in [5.41, 5.74) is 1.04. The van der Waals surface area contributed by atoms with Crippen molar-refractivity contribution in [1.82, 2.24) is 5.32 Å². The van der Waals surface area contributed by atoms with E-state index in [2.05, 4.69) is 5.32 Å². The molecule has 0 amide bonds. The van der Waals surface area contributed by atoms with Gasteiger partial charge >= 0.3 is 0 Å². The minimum Gasteiger partial charge on any atom is -0.392 e. The van der Waals surface area contributed by atoms with Crippen LogP contribution in [0.5, 0.6) is 0 Å². The van der Waals surface area contributed by atoms with Crippen molar-refractivity contribution in [3.8, 4) is 0 Å². The molecule has 4 heteroatoms. The SMILES string of the molecule is OC(CNCc1cc(Cl)cc(Cl)c1)C1CC1. The van der Waals surface area contributed by atoms with Crippen molar-refractivity contribution in [1.29, 1.82) is 0 Å². The highest BCUT2D eigenvalue weighted by molar-refractivity contribution is 6.34. The van der Waals surface area contributed by atoms with Gasteiger partial charge in [-0.05, 0) is 42.5 Å². The highest BCUT2D eigenvalue weighted by Gasteiger charge is 2.28. The summed E-state index contributed by atoms with van der Waals surface area (Å²) in [5.74, 6) is 0.510. The maximum atomic E-state index is 9.66. The molecule has 0 spiro atoms. The van der Waals surface area contributed by atoms with Crippen LogP contribution >= 0.6 is 23.2 Å². The van der Waals surface area contributed by atoms with Crippen molar-refractivity contribution in [2.24, 2.45) is 5.92 Å². The fourth-order valence-electron chi connectivity index (χ4n) is 1.73. The van der Waals surface area contributed by atoms with Crippen LogP contribution in [-0.4, -0.2) is 17.8 Å². The zero-order chi connectivity index (χ0) is 11.5. The van der Waals surface area contributed by atoms with Gasteiger partial charge in [0.2, 0.25) is 0 Å². The maximum absolute atomic E-state index is 9.66. The number of hydrogen-bond acceptors (Lipinski definition) is 2. The molecular formula is C12H15Cl2NO. The molecule has 0 radical (unpaired) electrons. The standard InChI is InChI=1S/C12H15Cl2NO/c13-10-3-8(4-11(14)5-10)6-15-7-12(16)9-1-2-9/h3-5,9,12,15-16H,1-2,6-7H2. The third-order valence-corrected chi connectivity index (χ3v) is 3.21. The molecular weight excluding hydrogens is 245 g/mol. The van der Waals surface area contributed by atoms with Gasteiger partial charge in [0, 0.05) is 23.1 Å². The average Bonchev–Trinajstić information content (AvgIpc) is 2.98. The van der Waals surface area contributed by atoms with E-state index in [1.54, 1.807) is 6.07 Å². The number of halogens is 2. The van der Waals surface area contributed by atoms with Gasteiger partial charge in [-0.15, -0.1) is 0 Å². The second kappa shape index (κ2) is 5.37. The number of aliphatic hydroxyl groups is 1. The van der Waals surface area contributed by atoms with Crippen LogP contribution in [0.3, 0.4) is 0 Å². The third kappa shape index (κ3) is 3.63. The number of rotatable bonds is 5. The summed E-state index contributed by atoms with van der Waals surface area (Å²) in [6.07, 6.45) is 2.10. The maximum Gasteiger partial charge on any atom is 0.0692 e. The lowest BCUT2D eigenvalue weighted by Crippen LogP contribution is -2.27. The van der Waals surface area contributed by atoms with Crippen LogP contribution in [0.25, 0.3) is 0 Å². The van der Waals surface area contributed by atoms with E-state index in [0.29, 0.717) is 29.1 Å². The second-order valence-electron chi connectivity index (χ2n) is 4.31. The van der Waals surface area contributed by atoms with E-state index in [-0.39, 0.29) is 6.10 Å². The first-order valence-electron chi connectivity index (χ1n) is 5.49. The molecule has 1 saturated carbocycles. The first kappa shape index (κ1) is 12.2. The second-order valence-corrected chi connectivity index (χ2v) is 5.19. The van der Waals surface area contributed by atoms with Crippen LogP contribution in [0.2, 0.25) is 10.0 Å². The summed E-state index contributed by atoms with van der Waals surface area (Å²) in [4.78, 5) is 0. The first-order chi connectivity index (χ1) is 7.65. The molecule has 1 aromatic carbocycles. The summed E-state index contributed by atoms with van der Waals surface area (Å²) in [6, 6.07) is 5.47. The summed E-state index contributed by atoms with van der Waals surface area (Å²) in [7, 11) is 0. The Balaban J connectivity index is 1.79. The van der Waals surface area contributed by atoms with Crippen LogP contribution < -0.4 is 5.32 Å². The van der Waals surface area contributed by atoms with Gasteiger partial charge < -0.3 is 10.4 Å². The Kier molecular flexibility index (Phi) is 4.09. The van der Waals surface area contributed by atoms with Crippen molar-refractivity contribution in [2.75, 3.05) is 6.54 Å². The molecule has 0 bridgehead atoms. The Labute approximate surface area is 106 Å². The molecule has 2 nitrogen and oxygen atoms in total. The molecule has 88 valence electrons. The van der Waals surface area contributed by atoms with Gasteiger partial charge in [0.25, 0.3) is 0 Å². The summed E-state index contributed by atoms with van der Waals surface area (Å²) >= 11 is 11.8. The highest BCUT2D eigenvalue weighted by atomic mass is 35.5. The van der Waals surface area contributed by atoms with Gasteiger partial charge in [-0.2, -0.15) is 0 Å². The van der Waals surface area contributed by atoms with E-state index >= 15 is 0 Å². The van der Waals surface area contributed by atoms with Crippen LogP contribution in [-0.2, 0) is 6.54 Å². The Bertz CT molecular complexity index is 346. The van der Waals surface area contributed by atoms with E-state index in [0.717, 1.165) is 18.4 Å². The Hall–Kier alpha value is -0.280. The Morgan fingerprint density at radius 2 is 1.88 bits per heavy atom. The lowest BCUT2D eigenvalue weighted by Gasteiger charge is -2.10. The number of benzene rings is 1. The van der Waals surface area contributed by atoms with Gasteiger partial charge in [-0.25, -0.2) is 0 Å². The molecule has 1 aromatic rings. The first-order valence-corrected chi connectivity index (χ1v) is 6.24. The minimum absolute atomic E-state index is 0.213. The molecule has 0 saturated heterocycles. The monoisotopic (exact) mass is 259 g/mol. The van der Waals surface area contributed by atoms with Crippen molar-refractivity contribution in [2.45, 2.75) is 25.5 Å². The summed E-state index contributed by atoms with van der Waals surface area (Å²) < 4.78 is 0. The Morgan fingerprint density at radius 1 is 1.25 bits per heavy atom. The van der Waals surface area contributed by atoms with Gasteiger partial charge in [-0.1, -0.05) is 23.2 Å². The quantitative estimate of drug-likeness (QED) is 0.853. The van der Waals surface area contributed by atoms with Crippen molar-refractivity contribution in [3.63, 3.8) is 0 Å². The highest BCUT2D eigenvalue weighted by Crippen LogP contribution is 2.32. The number of hydrogen-bond donors (Lipinski definition) is 2. The fourth-order valence-corrected chi connectivity index (χ4v) is 2.30. The van der Waals surface area contributed by atoms with Gasteiger partial charge in [0.1, 0.15) is 0 Å². The van der Waals surface area contributed by atoms with Crippen molar-refractivity contribution >= 4 is 23.2 Å². The summed E-state index contributed by atoms with van der Waals surface area (Å²) in [6.45, 7) is 1.32. The zero-order valence-electron chi connectivity index (χ0n) is 8.92. The smallest absolute Gasteiger partial charge is 0.0692 e. The average molecular weight is 260 g/mol. The van der Waals surface area contributed by atoms with E-state index in [4.69, 9.17) is 23.2 Å². The fraction of sp³-hybridized carbons (Fsp3) is 0.500. The predicted molar refractivity (Wildman–Crippen MR) is 66.9 cm³/mol. The zero-order valence-corrected chi connectivity index (χ0v) is 10.4. The third-order valence-electron chi connectivity index (χ3n) is 2.77. The molecule has 1 atom stereocenters. The lowest BCUT2D eigenvalue weighted by atomic mass is 10.2. The van der Waals surface area contributed by atoms with Crippen molar-refractivity contribution < 1.29 is 5.11 Å². The molecule has 16 heavy (non-hydrogen) atoms. The van der Waals surface area contributed by atoms with Gasteiger partial charge in [0.05, 0.1) is 6.10 Å². The largest absolute Gasteiger partial charge is 0.392 e.